The standard InChI is InChI=1S/C24H23N3O4S/c1-15-2-4-16(5-3-15)14-20-23(30)27(24(31)32-20)13-12-25-21(28)17-8-10-19(11-9-17)26-22(29)18-6-7-18/h2-5,8-11,14,18H,6-7,12-13H2,1H3,(H,25,28)(H,26,29)/b20-14-. The van der Waals surface area contributed by atoms with Crippen LogP contribution in [0.3, 0.4) is 0 Å². The number of hydrogen-bond acceptors (Lipinski definition) is 5. The number of hydrogen-bond donors (Lipinski definition) is 2. The summed E-state index contributed by atoms with van der Waals surface area (Å²) in [4.78, 5) is 50.5. The van der Waals surface area contributed by atoms with Crippen molar-refractivity contribution in [1.29, 1.82) is 0 Å². The maximum atomic E-state index is 12.6. The molecule has 1 saturated heterocycles. The van der Waals surface area contributed by atoms with Gasteiger partial charge in [0.1, 0.15) is 0 Å². The van der Waals surface area contributed by atoms with Crippen molar-refractivity contribution in [3.05, 3.63) is 70.1 Å². The fraction of sp³-hybridized carbons (Fsp3) is 0.250. The number of nitrogens with one attached hydrogen (secondary N) is 2. The number of carbonyl (C=O) groups excluding carboxylic acids is 4. The molecule has 2 aromatic rings. The van der Waals surface area contributed by atoms with Crippen LogP contribution >= 0.6 is 11.8 Å². The molecule has 0 atom stereocenters. The third kappa shape index (κ3) is 5.26. The van der Waals surface area contributed by atoms with Crippen molar-refractivity contribution in [3.63, 3.8) is 0 Å². The molecule has 1 heterocycles. The summed E-state index contributed by atoms with van der Waals surface area (Å²) in [6.07, 6.45) is 3.55. The molecule has 2 N–H and O–H groups in total. The Kier molecular flexibility index (Phi) is 6.41. The number of carbonyl (C=O) groups is 4. The van der Waals surface area contributed by atoms with Crippen LogP contribution < -0.4 is 10.6 Å². The summed E-state index contributed by atoms with van der Waals surface area (Å²) in [6, 6.07) is 14.3. The topological polar surface area (TPSA) is 95.6 Å². The SMILES string of the molecule is Cc1ccc(/C=C2\SC(=O)N(CCNC(=O)c3ccc(NC(=O)C4CC4)cc3)C2=O)cc1. The average molecular weight is 450 g/mol. The molecule has 2 fully saturated rings. The van der Waals surface area contributed by atoms with E-state index in [1.54, 1.807) is 30.3 Å². The van der Waals surface area contributed by atoms with Crippen molar-refractivity contribution in [3.8, 4) is 0 Å². The van der Waals surface area contributed by atoms with Crippen LogP contribution in [0.15, 0.2) is 53.4 Å². The van der Waals surface area contributed by atoms with Gasteiger partial charge < -0.3 is 10.6 Å². The van der Waals surface area contributed by atoms with Crippen LogP contribution in [-0.4, -0.2) is 41.0 Å². The maximum Gasteiger partial charge on any atom is 0.293 e. The number of imide groups is 1. The molecule has 0 unspecified atom stereocenters. The Bertz CT molecular complexity index is 1090. The first-order valence-electron chi connectivity index (χ1n) is 10.4. The summed E-state index contributed by atoms with van der Waals surface area (Å²) in [5.41, 5.74) is 3.05. The molecule has 0 aromatic heterocycles. The van der Waals surface area contributed by atoms with Crippen molar-refractivity contribution >= 4 is 46.5 Å². The van der Waals surface area contributed by atoms with Crippen LogP contribution in [0.2, 0.25) is 0 Å². The van der Waals surface area contributed by atoms with Gasteiger partial charge in [0.15, 0.2) is 0 Å². The molecule has 0 spiro atoms. The fourth-order valence-corrected chi connectivity index (χ4v) is 4.05. The summed E-state index contributed by atoms with van der Waals surface area (Å²) in [6.45, 7) is 2.22. The molecule has 8 heteroatoms. The van der Waals surface area contributed by atoms with Crippen molar-refractivity contribution in [1.82, 2.24) is 10.2 Å². The number of nitrogens with zero attached hydrogens (tertiary/aromatic N) is 1. The molecule has 0 bridgehead atoms. The zero-order chi connectivity index (χ0) is 22.7. The maximum absolute atomic E-state index is 12.6. The Balaban J connectivity index is 1.28. The van der Waals surface area contributed by atoms with Crippen LogP contribution in [0.5, 0.6) is 0 Å². The van der Waals surface area contributed by atoms with Gasteiger partial charge in [0.2, 0.25) is 5.91 Å². The molecule has 1 aliphatic heterocycles. The minimum atomic E-state index is -0.356. The van der Waals surface area contributed by atoms with E-state index in [9.17, 15) is 19.2 Å². The van der Waals surface area contributed by atoms with E-state index in [2.05, 4.69) is 10.6 Å². The first kappa shape index (κ1) is 21.8. The highest BCUT2D eigenvalue weighted by molar-refractivity contribution is 8.18. The second-order valence-electron chi connectivity index (χ2n) is 7.84. The molecule has 2 aliphatic rings. The van der Waals surface area contributed by atoms with E-state index in [0.29, 0.717) is 16.2 Å². The summed E-state index contributed by atoms with van der Waals surface area (Å²) >= 11 is 0.900. The average Bonchev–Trinajstić information content (AvgIpc) is 3.59. The van der Waals surface area contributed by atoms with Gasteiger partial charge in [0.25, 0.3) is 17.1 Å². The molecular weight excluding hydrogens is 426 g/mol. The second kappa shape index (κ2) is 9.40. The van der Waals surface area contributed by atoms with E-state index < -0.39 is 0 Å². The fourth-order valence-electron chi connectivity index (χ4n) is 3.18. The van der Waals surface area contributed by atoms with Gasteiger partial charge in [0, 0.05) is 30.3 Å². The Morgan fingerprint density at radius 2 is 1.75 bits per heavy atom. The van der Waals surface area contributed by atoms with E-state index in [4.69, 9.17) is 0 Å². The van der Waals surface area contributed by atoms with E-state index >= 15 is 0 Å². The number of benzene rings is 2. The van der Waals surface area contributed by atoms with Crippen molar-refractivity contribution in [2.75, 3.05) is 18.4 Å². The van der Waals surface area contributed by atoms with Gasteiger partial charge in [-0.15, -0.1) is 0 Å². The highest BCUT2D eigenvalue weighted by atomic mass is 32.2. The van der Waals surface area contributed by atoms with Crippen LogP contribution in [0, 0.1) is 12.8 Å². The number of aryl methyl sites for hydroxylation is 1. The van der Waals surface area contributed by atoms with Crippen LogP contribution in [0.1, 0.15) is 34.3 Å². The van der Waals surface area contributed by atoms with Gasteiger partial charge in [-0.2, -0.15) is 0 Å². The number of thioether (sulfide) groups is 1. The van der Waals surface area contributed by atoms with Crippen molar-refractivity contribution in [2.45, 2.75) is 19.8 Å². The van der Waals surface area contributed by atoms with Crippen LogP contribution in [-0.2, 0) is 9.59 Å². The molecule has 4 rings (SSSR count). The van der Waals surface area contributed by atoms with Gasteiger partial charge in [-0.25, -0.2) is 0 Å². The summed E-state index contributed by atoms with van der Waals surface area (Å²) in [5, 5.41) is 5.20. The lowest BCUT2D eigenvalue weighted by Gasteiger charge is -2.13. The lowest BCUT2D eigenvalue weighted by molar-refractivity contribution is -0.122. The number of amides is 4. The third-order valence-corrected chi connectivity index (χ3v) is 6.14. The number of anilines is 1. The first-order valence-corrected chi connectivity index (χ1v) is 11.2. The Hall–Kier alpha value is -3.39. The smallest absolute Gasteiger partial charge is 0.293 e. The van der Waals surface area contributed by atoms with E-state index in [1.165, 1.54) is 0 Å². The molecule has 2 aromatic carbocycles. The van der Waals surface area contributed by atoms with Gasteiger partial charge in [-0.05, 0) is 67.4 Å². The number of rotatable bonds is 7. The molecule has 0 radical (unpaired) electrons. The zero-order valence-corrected chi connectivity index (χ0v) is 18.4. The Morgan fingerprint density at radius 1 is 1.06 bits per heavy atom. The highest BCUT2D eigenvalue weighted by Gasteiger charge is 2.34. The molecule has 32 heavy (non-hydrogen) atoms. The molecule has 4 amide bonds. The van der Waals surface area contributed by atoms with Crippen molar-refractivity contribution < 1.29 is 19.2 Å². The van der Waals surface area contributed by atoms with Crippen LogP contribution in [0.4, 0.5) is 10.5 Å². The molecule has 7 nitrogen and oxygen atoms in total. The monoisotopic (exact) mass is 449 g/mol. The molecule has 164 valence electrons. The predicted molar refractivity (Wildman–Crippen MR) is 124 cm³/mol. The van der Waals surface area contributed by atoms with Gasteiger partial charge in [-0.3, -0.25) is 24.1 Å². The Morgan fingerprint density at radius 3 is 2.41 bits per heavy atom. The lowest BCUT2D eigenvalue weighted by atomic mass is 10.1. The highest BCUT2D eigenvalue weighted by Crippen LogP contribution is 2.32. The minimum absolute atomic E-state index is 0.0100. The molecular formula is C24H23N3O4S. The summed E-state index contributed by atoms with van der Waals surface area (Å²) < 4.78 is 0. The molecule has 1 aliphatic carbocycles. The lowest BCUT2D eigenvalue weighted by Crippen LogP contribution is -2.37. The van der Waals surface area contributed by atoms with Gasteiger partial charge in [-0.1, -0.05) is 29.8 Å². The minimum Gasteiger partial charge on any atom is -0.350 e. The van der Waals surface area contributed by atoms with Crippen molar-refractivity contribution in [2.24, 2.45) is 5.92 Å². The third-order valence-electron chi connectivity index (χ3n) is 5.23. The zero-order valence-electron chi connectivity index (χ0n) is 17.6. The quantitative estimate of drug-likeness (QED) is 0.627. The normalized spacial score (nSPS) is 17.0. The predicted octanol–water partition coefficient (Wildman–Crippen LogP) is 3.81. The molecule has 1 saturated carbocycles. The largest absolute Gasteiger partial charge is 0.350 e. The Labute approximate surface area is 190 Å². The first-order chi connectivity index (χ1) is 15.4. The van der Waals surface area contributed by atoms with Gasteiger partial charge >= 0.3 is 0 Å². The van der Waals surface area contributed by atoms with E-state index in [0.717, 1.165) is 40.6 Å². The van der Waals surface area contributed by atoms with Crippen LogP contribution in [0.25, 0.3) is 6.08 Å². The summed E-state index contributed by atoms with van der Waals surface area (Å²) in [7, 11) is 0. The summed E-state index contributed by atoms with van der Waals surface area (Å²) in [5.74, 6) is -0.548. The second-order valence-corrected chi connectivity index (χ2v) is 8.83. The van der Waals surface area contributed by atoms with E-state index in [1.807, 2.05) is 31.2 Å². The van der Waals surface area contributed by atoms with Gasteiger partial charge in [0.05, 0.1) is 4.91 Å². The van der Waals surface area contributed by atoms with E-state index in [-0.39, 0.29) is 42.0 Å².